The van der Waals surface area contributed by atoms with Gasteiger partial charge in [-0.2, -0.15) is 0 Å². The number of carbonyl (C=O) groups excluding carboxylic acids is 2. The lowest BCUT2D eigenvalue weighted by Gasteiger charge is -2.09. The summed E-state index contributed by atoms with van der Waals surface area (Å²) in [5.41, 5.74) is 1.46. The maximum Gasteiger partial charge on any atom is 0.335 e. The number of anilines is 1. The van der Waals surface area contributed by atoms with Crippen molar-refractivity contribution < 1.29 is 19.5 Å². The first-order chi connectivity index (χ1) is 14.7. The normalized spacial score (nSPS) is 10.6. The lowest BCUT2D eigenvalue weighted by atomic mass is 10.1. The van der Waals surface area contributed by atoms with Gasteiger partial charge in [0.2, 0.25) is 0 Å². The lowest BCUT2D eigenvalue weighted by Crippen LogP contribution is -2.20. The zero-order valence-electron chi connectivity index (χ0n) is 16.4. The van der Waals surface area contributed by atoms with E-state index in [-0.39, 0.29) is 22.5 Å². The van der Waals surface area contributed by atoms with E-state index in [9.17, 15) is 19.5 Å². The molecule has 0 bridgehead atoms. The van der Waals surface area contributed by atoms with Crippen LogP contribution in [0.2, 0.25) is 10.0 Å². The first-order valence-corrected chi connectivity index (χ1v) is 9.71. The van der Waals surface area contributed by atoms with Crippen LogP contribution in [0.5, 0.6) is 0 Å². The van der Waals surface area contributed by atoms with E-state index in [1.54, 1.807) is 25.1 Å². The highest BCUT2D eigenvalue weighted by molar-refractivity contribution is 6.42. The third kappa shape index (κ3) is 5.01. The first-order valence-electron chi connectivity index (χ1n) is 8.95. The van der Waals surface area contributed by atoms with Gasteiger partial charge in [0.15, 0.2) is 5.69 Å². The predicted molar refractivity (Wildman–Crippen MR) is 115 cm³/mol. The van der Waals surface area contributed by atoms with E-state index < -0.39 is 17.8 Å². The van der Waals surface area contributed by atoms with E-state index in [1.807, 2.05) is 0 Å². The van der Waals surface area contributed by atoms with Crippen LogP contribution in [0.15, 0.2) is 36.4 Å². The minimum absolute atomic E-state index is 0.0577. The molecule has 11 heteroatoms. The molecule has 1 aromatic heterocycles. The fourth-order valence-corrected chi connectivity index (χ4v) is 3.14. The number of amides is 2. The number of carbonyl (C=O) groups is 3. The molecule has 0 fully saturated rings. The first kappa shape index (κ1) is 22.3. The fourth-order valence-electron chi connectivity index (χ4n) is 2.82. The van der Waals surface area contributed by atoms with Gasteiger partial charge < -0.3 is 15.7 Å². The second-order valence-electron chi connectivity index (χ2n) is 6.57. The van der Waals surface area contributed by atoms with Gasteiger partial charge in [0.1, 0.15) is 0 Å². The molecular weight excluding hydrogens is 445 g/mol. The van der Waals surface area contributed by atoms with Crippen LogP contribution in [0.4, 0.5) is 5.69 Å². The summed E-state index contributed by atoms with van der Waals surface area (Å²) in [6.07, 6.45) is 0. The number of nitrogens with zero attached hydrogens (tertiary/aromatic N) is 3. The topological polar surface area (TPSA) is 126 Å². The minimum atomic E-state index is -1.23. The van der Waals surface area contributed by atoms with Crippen LogP contribution in [0, 0.1) is 6.92 Å². The maximum atomic E-state index is 12.7. The van der Waals surface area contributed by atoms with E-state index in [4.69, 9.17) is 23.2 Å². The molecule has 3 rings (SSSR count). The number of aromatic carboxylic acids is 1. The fraction of sp³-hybridized carbons (Fsp3) is 0.150. The van der Waals surface area contributed by atoms with E-state index in [0.717, 1.165) is 5.56 Å². The number of carboxylic acids is 1. The molecule has 0 spiro atoms. The molecule has 0 saturated carbocycles. The summed E-state index contributed by atoms with van der Waals surface area (Å²) >= 11 is 12.0. The SMILES string of the molecule is CNC(=O)c1cc(NC(=O)c2nnn(Cc3ccc(Cl)c(Cl)c3)c2C)cc(C(=O)O)c1. The summed E-state index contributed by atoms with van der Waals surface area (Å²) in [7, 11) is 1.42. The number of rotatable bonds is 6. The summed E-state index contributed by atoms with van der Waals surface area (Å²) in [6.45, 7) is 1.99. The van der Waals surface area contributed by atoms with Gasteiger partial charge in [-0.25, -0.2) is 9.48 Å². The van der Waals surface area contributed by atoms with Crippen LogP contribution in [-0.4, -0.2) is 44.9 Å². The Labute approximate surface area is 187 Å². The number of nitrogens with one attached hydrogen (secondary N) is 2. The molecule has 0 saturated heterocycles. The number of halogens is 2. The molecular formula is C20H17Cl2N5O4. The van der Waals surface area contributed by atoms with Gasteiger partial charge in [-0.1, -0.05) is 34.5 Å². The third-order valence-electron chi connectivity index (χ3n) is 4.44. The van der Waals surface area contributed by atoms with Crippen molar-refractivity contribution >= 4 is 46.7 Å². The van der Waals surface area contributed by atoms with Crippen LogP contribution in [0.3, 0.4) is 0 Å². The molecule has 0 unspecified atom stereocenters. The summed E-state index contributed by atoms with van der Waals surface area (Å²) in [5.74, 6) is -2.31. The van der Waals surface area contributed by atoms with Gasteiger partial charge in [-0.3, -0.25) is 9.59 Å². The summed E-state index contributed by atoms with van der Waals surface area (Å²) in [4.78, 5) is 36.0. The lowest BCUT2D eigenvalue weighted by molar-refractivity contribution is 0.0696. The highest BCUT2D eigenvalue weighted by Gasteiger charge is 2.19. The second kappa shape index (κ2) is 9.15. The maximum absolute atomic E-state index is 12.7. The van der Waals surface area contributed by atoms with Crippen LogP contribution in [-0.2, 0) is 6.54 Å². The van der Waals surface area contributed by atoms with Gasteiger partial charge in [0, 0.05) is 18.3 Å². The summed E-state index contributed by atoms with van der Waals surface area (Å²) in [5, 5.41) is 23.0. The van der Waals surface area contributed by atoms with E-state index >= 15 is 0 Å². The van der Waals surface area contributed by atoms with Crippen molar-refractivity contribution in [3.63, 3.8) is 0 Å². The van der Waals surface area contributed by atoms with Gasteiger partial charge in [0.25, 0.3) is 11.8 Å². The molecule has 3 N–H and O–H groups in total. The molecule has 2 amide bonds. The van der Waals surface area contributed by atoms with Crippen LogP contribution in [0.25, 0.3) is 0 Å². The zero-order valence-corrected chi connectivity index (χ0v) is 18.0. The molecule has 0 aliphatic carbocycles. The number of carboxylic acid groups (broad SMARTS) is 1. The quantitative estimate of drug-likeness (QED) is 0.516. The van der Waals surface area contributed by atoms with Crippen molar-refractivity contribution in [2.24, 2.45) is 0 Å². The number of benzene rings is 2. The van der Waals surface area contributed by atoms with Crippen molar-refractivity contribution in [2.75, 3.05) is 12.4 Å². The van der Waals surface area contributed by atoms with E-state index in [1.165, 1.54) is 29.9 Å². The third-order valence-corrected chi connectivity index (χ3v) is 5.18. The Kier molecular flexibility index (Phi) is 6.57. The summed E-state index contributed by atoms with van der Waals surface area (Å²) in [6, 6.07) is 8.99. The van der Waals surface area contributed by atoms with Gasteiger partial charge in [0.05, 0.1) is 27.8 Å². The Morgan fingerprint density at radius 1 is 1.03 bits per heavy atom. The Balaban J connectivity index is 1.84. The average molecular weight is 462 g/mol. The molecule has 1 heterocycles. The second-order valence-corrected chi connectivity index (χ2v) is 7.38. The van der Waals surface area contributed by atoms with Gasteiger partial charge in [-0.15, -0.1) is 5.10 Å². The molecule has 0 atom stereocenters. The number of hydrogen-bond donors (Lipinski definition) is 3. The molecule has 0 aliphatic heterocycles. The van der Waals surface area contributed by atoms with Crippen LogP contribution >= 0.6 is 23.2 Å². The minimum Gasteiger partial charge on any atom is -0.478 e. The molecule has 2 aromatic carbocycles. The van der Waals surface area contributed by atoms with Crippen LogP contribution in [0.1, 0.15) is 42.5 Å². The van der Waals surface area contributed by atoms with Crippen molar-refractivity contribution in [1.82, 2.24) is 20.3 Å². The Hall–Kier alpha value is -3.43. The zero-order chi connectivity index (χ0) is 22.7. The van der Waals surface area contributed by atoms with Gasteiger partial charge >= 0.3 is 5.97 Å². The molecule has 3 aromatic rings. The number of aromatic nitrogens is 3. The van der Waals surface area contributed by atoms with E-state index in [0.29, 0.717) is 22.3 Å². The molecule has 0 aliphatic rings. The van der Waals surface area contributed by atoms with Crippen molar-refractivity contribution in [3.05, 3.63) is 74.5 Å². The smallest absolute Gasteiger partial charge is 0.335 e. The van der Waals surface area contributed by atoms with Crippen molar-refractivity contribution in [2.45, 2.75) is 13.5 Å². The highest BCUT2D eigenvalue weighted by atomic mass is 35.5. The Bertz CT molecular complexity index is 1190. The van der Waals surface area contributed by atoms with Crippen LogP contribution < -0.4 is 10.6 Å². The Morgan fingerprint density at radius 3 is 2.39 bits per heavy atom. The van der Waals surface area contributed by atoms with Crippen molar-refractivity contribution in [3.8, 4) is 0 Å². The highest BCUT2D eigenvalue weighted by Crippen LogP contribution is 2.23. The average Bonchev–Trinajstić information content (AvgIpc) is 3.10. The monoisotopic (exact) mass is 461 g/mol. The van der Waals surface area contributed by atoms with E-state index in [2.05, 4.69) is 20.9 Å². The largest absolute Gasteiger partial charge is 0.478 e. The molecule has 0 radical (unpaired) electrons. The standard InChI is InChI=1S/C20H17Cl2N5O4/c1-10-17(25-26-27(10)9-11-3-4-15(21)16(22)5-11)19(29)24-14-7-12(18(28)23-2)6-13(8-14)20(30)31/h3-8H,9H2,1-2H3,(H,23,28)(H,24,29)(H,30,31). The van der Waals surface area contributed by atoms with Gasteiger partial charge in [-0.05, 0) is 42.8 Å². The summed E-state index contributed by atoms with van der Waals surface area (Å²) < 4.78 is 1.53. The Morgan fingerprint density at radius 2 is 1.74 bits per heavy atom. The molecule has 31 heavy (non-hydrogen) atoms. The predicted octanol–water partition coefficient (Wildman–Crippen LogP) is 3.25. The van der Waals surface area contributed by atoms with Crippen molar-refractivity contribution in [1.29, 1.82) is 0 Å². The molecule has 9 nitrogen and oxygen atoms in total. The number of hydrogen-bond acceptors (Lipinski definition) is 5. The molecule has 160 valence electrons.